The Bertz CT molecular complexity index is 672. The topological polar surface area (TPSA) is 35.6 Å². The lowest BCUT2D eigenvalue weighted by atomic mass is 10.1. The van der Waals surface area contributed by atoms with Crippen LogP contribution in [0, 0.1) is 0 Å². The molecule has 0 aliphatic rings. The van der Waals surface area contributed by atoms with Crippen LogP contribution < -0.4 is 15.1 Å². The minimum absolute atomic E-state index is 0.172. The molecule has 0 heterocycles. The summed E-state index contributed by atoms with van der Waals surface area (Å²) in [5.41, 5.74) is 3.72. The highest BCUT2D eigenvalue weighted by atomic mass is 35.5. The second kappa shape index (κ2) is 7.38. The average molecular weight is 332 g/mol. The van der Waals surface area contributed by atoms with E-state index < -0.39 is 0 Å². The van der Waals surface area contributed by atoms with Gasteiger partial charge in [-0.3, -0.25) is 4.79 Å². The first-order chi connectivity index (χ1) is 10.9. The van der Waals surface area contributed by atoms with Crippen LogP contribution in [0.25, 0.3) is 0 Å². The largest absolute Gasteiger partial charge is 0.377 e. The first-order valence-electron chi connectivity index (χ1n) is 7.41. The molecule has 1 N–H and O–H groups in total. The number of amides is 1. The van der Waals surface area contributed by atoms with Gasteiger partial charge in [-0.05, 0) is 24.3 Å². The van der Waals surface area contributed by atoms with E-state index in [2.05, 4.69) is 5.32 Å². The Kier molecular flexibility index (Phi) is 5.50. The first-order valence-corrected chi connectivity index (χ1v) is 7.79. The molecule has 0 aromatic heterocycles. The predicted octanol–water partition coefficient (Wildman–Crippen LogP) is 3.40. The molecular weight excluding hydrogens is 310 g/mol. The highest BCUT2D eigenvalue weighted by Crippen LogP contribution is 2.28. The zero-order valence-corrected chi connectivity index (χ0v) is 14.7. The molecule has 0 radical (unpaired) electrons. The van der Waals surface area contributed by atoms with Gasteiger partial charge in [0.05, 0.1) is 10.6 Å². The Morgan fingerprint density at radius 2 is 1.52 bits per heavy atom. The molecule has 2 aromatic rings. The summed E-state index contributed by atoms with van der Waals surface area (Å²) in [6, 6.07) is 13.2. The number of anilines is 2. The summed E-state index contributed by atoms with van der Waals surface area (Å²) in [6.45, 7) is 0.436. The lowest BCUT2D eigenvalue weighted by Gasteiger charge is -2.24. The van der Waals surface area contributed by atoms with Crippen molar-refractivity contribution in [2.45, 2.75) is 6.54 Å². The van der Waals surface area contributed by atoms with Gasteiger partial charge in [0.15, 0.2) is 0 Å². The zero-order chi connectivity index (χ0) is 17.0. The average Bonchev–Trinajstić information content (AvgIpc) is 2.52. The molecule has 5 heteroatoms. The molecule has 0 aliphatic heterocycles. The molecule has 0 spiro atoms. The van der Waals surface area contributed by atoms with E-state index >= 15 is 0 Å². The number of benzene rings is 2. The van der Waals surface area contributed by atoms with E-state index in [4.69, 9.17) is 11.6 Å². The van der Waals surface area contributed by atoms with Gasteiger partial charge in [-0.1, -0.05) is 29.8 Å². The van der Waals surface area contributed by atoms with Crippen LogP contribution in [0.3, 0.4) is 0 Å². The van der Waals surface area contributed by atoms with E-state index in [9.17, 15) is 4.79 Å². The van der Waals surface area contributed by atoms with Crippen LogP contribution in [-0.4, -0.2) is 34.1 Å². The number of hydrogen-bond donors (Lipinski definition) is 1. The molecule has 0 aliphatic carbocycles. The molecule has 0 saturated carbocycles. The number of nitrogens with one attached hydrogen (secondary N) is 1. The molecule has 2 aromatic carbocycles. The van der Waals surface area contributed by atoms with E-state index in [0.29, 0.717) is 17.1 Å². The van der Waals surface area contributed by atoms with E-state index in [1.807, 2.05) is 62.3 Å². The molecule has 23 heavy (non-hydrogen) atoms. The smallest absolute Gasteiger partial charge is 0.253 e. The summed E-state index contributed by atoms with van der Waals surface area (Å²) in [4.78, 5) is 16.5. The summed E-state index contributed by atoms with van der Waals surface area (Å²) in [5, 5.41) is 3.43. The van der Waals surface area contributed by atoms with Gasteiger partial charge in [-0.25, -0.2) is 0 Å². The Labute approximate surface area is 142 Å². The van der Waals surface area contributed by atoms with Crippen molar-refractivity contribution in [1.29, 1.82) is 0 Å². The lowest BCUT2D eigenvalue weighted by Crippen LogP contribution is -2.26. The third-order valence-corrected chi connectivity index (χ3v) is 3.96. The Morgan fingerprint density at radius 1 is 0.957 bits per heavy atom. The molecule has 0 saturated heterocycles. The first kappa shape index (κ1) is 17.2. The highest BCUT2D eigenvalue weighted by Gasteiger charge is 2.14. The van der Waals surface area contributed by atoms with Gasteiger partial charge in [0, 0.05) is 51.7 Å². The maximum Gasteiger partial charge on any atom is 0.253 e. The molecule has 4 nitrogen and oxygen atoms in total. The van der Waals surface area contributed by atoms with Crippen molar-refractivity contribution < 1.29 is 4.79 Å². The number of rotatable bonds is 5. The van der Waals surface area contributed by atoms with Crippen LogP contribution in [0.15, 0.2) is 42.5 Å². The number of carbonyl (C=O) groups excluding carboxylic acids is 1. The fourth-order valence-corrected chi connectivity index (χ4v) is 2.71. The fourth-order valence-electron chi connectivity index (χ4n) is 2.49. The summed E-state index contributed by atoms with van der Waals surface area (Å²) in [7, 11) is 7.98. The van der Waals surface area contributed by atoms with Gasteiger partial charge in [0.2, 0.25) is 0 Å². The summed E-state index contributed by atoms with van der Waals surface area (Å²) < 4.78 is 0. The number of halogens is 1. The third kappa shape index (κ3) is 3.96. The third-order valence-electron chi connectivity index (χ3n) is 3.63. The molecule has 0 unspecified atom stereocenters. The van der Waals surface area contributed by atoms with Gasteiger partial charge in [0.25, 0.3) is 5.91 Å². The van der Waals surface area contributed by atoms with Gasteiger partial charge in [-0.15, -0.1) is 0 Å². The Morgan fingerprint density at radius 3 is 2.04 bits per heavy atom. The number of nitrogens with zero attached hydrogens (tertiary/aromatic N) is 2. The van der Waals surface area contributed by atoms with E-state index in [0.717, 1.165) is 16.9 Å². The second-order valence-corrected chi connectivity index (χ2v) is 6.13. The molecule has 2 rings (SSSR count). The highest BCUT2D eigenvalue weighted by molar-refractivity contribution is 6.33. The minimum Gasteiger partial charge on any atom is -0.377 e. The molecule has 122 valence electrons. The van der Waals surface area contributed by atoms with Crippen molar-refractivity contribution in [2.75, 3.05) is 38.0 Å². The molecular formula is C18H22ClN3O. The van der Waals surface area contributed by atoms with Crippen LogP contribution in [0.1, 0.15) is 15.9 Å². The molecule has 0 atom stereocenters. The van der Waals surface area contributed by atoms with Crippen LogP contribution in [0.5, 0.6) is 0 Å². The maximum absolute atomic E-state index is 12.4. The van der Waals surface area contributed by atoms with Crippen LogP contribution >= 0.6 is 11.6 Å². The van der Waals surface area contributed by atoms with E-state index in [1.165, 1.54) is 0 Å². The van der Waals surface area contributed by atoms with E-state index in [1.54, 1.807) is 18.2 Å². The van der Waals surface area contributed by atoms with Gasteiger partial charge < -0.3 is 15.1 Å². The SMILES string of the molecule is CN(C)c1cccc(N(C)C)c1CNC(=O)c1ccccc1Cl. The monoisotopic (exact) mass is 331 g/mol. The maximum atomic E-state index is 12.4. The van der Waals surface area contributed by atoms with Crippen LogP contribution in [0.2, 0.25) is 5.02 Å². The minimum atomic E-state index is -0.172. The standard InChI is InChI=1S/C18H22ClN3O/c1-21(2)16-10-7-11-17(22(3)4)14(16)12-20-18(23)13-8-5-6-9-15(13)19/h5-11H,12H2,1-4H3,(H,20,23). The normalized spacial score (nSPS) is 10.3. The van der Waals surface area contributed by atoms with Crippen molar-refractivity contribution in [3.63, 3.8) is 0 Å². The van der Waals surface area contributed by atoms with Crippen molar-refractivity contribution >= 4 is 28.9 Å². The van der Waals surface area contributed by atoms with Crippen molar-refractivity contribution in [2.24, 2.45) is 0 Å². The summed E-state index contributed by atoms with van der Waals surface area (Å²) in [5.74, 6) is -0.172. The lowest BCUT2D eigenvalue weighted by molar-refractivity contribution is 0.0951. The zero-order valence-electron chi connectivity index (χ0n) is 13.9. The van der Waals surface area contributed by atoms with Gasteiger partial charge >= 0.3 is 0 Å². The molecule has 0 fully saturated rings. The summed E-state index contributed by atoms with van der Waals surface area (Å²) >= 11 is 6.09. The van der Waals surface area contributed by atoms with Gasteiger partial charge in [0.1, 0.15) is 0 Å². The van der Waals surface area contributed by atoms with Gasteiger partial charge in [-0.2, -0.15) is 0 Å². The van der Waals surface area contributed by atoms with E-state index in [-0.39, 0.29) is 5.91 Å². The molecule has 0 bridgehead atoms. The Hall–Kier alpha value is -2.20. The quantitative estimate of drug-likeness (QED) is 0.912. The second-order valence-electron chi connectivity index (χ2n) is 5.73. The van der Waals surface area contributed by atoms with Crippen molar-refractivity contribution in [3.8, 4) is 0 Å². The Balaban J connectivity index is 2.26. The van der Waals surface area contributed by atoms with Crippen LogP contribution in [-0.2, 0) is 6.54 Å². The predicted molar refractivity (Wildman–Crippen MR) is 97.7 cm³/mol. The summed E-state index contributed by atoms with van der Waals surface area (Å²) in [6.07, 6.45) is 0. The van der Waals surface area contributed by atoms with Crippen LogP contribution in [0.4, 0.5) is 11.4 Å². The number of hydrogen-bond acceptors (Lipinski definition) is 3. The molecule has 1 amide bonds. The fraction of sp³-hybridized carbons (Fsp3) is 0.278. The van der Waals surface area contributed by atoms with Crippen molar-refractivity contribution in [1.82, 2.24) is 5.32 Å². The number of carbonyl (C=O) groups is 1. The van der Waals surface area contributed by atoms with Crippen molar-refractivity contribution in [3.05, 3.63) is 58.6 Å².